The zero-order chi connectivity index (χ0) is 16.2. The molecule has 0 saturated heterocycles. The highest BCUT2D eigenvalue weighted by Gasteiger charge is 2.09. The van der Waals surface area contributed by atoms with Crippen molar-refractivity contribution in [3.05, 3.63) is 51.7 Å². The van der Waals surface area contributed by atoms with Crippen LogP contribution in [0.15, 0.2) is 36.4 Å². The van der Waals surface area contributed by atoms with Gasteiger partial charge in [0.15, 0.2) is 0 Å². The maximum absolute atomic E-state index is 12.0. The fourth-order valence-electron chi connectivity index (χ4n) is 1.92. The number of anilines is 1. The van der Waals surface area contributed by atoms with Gasteiger partial charge < -0.3 is 5.32 Å². The summed E-state index contributed by atoms with van der Waals surface area (Å²) in [5.74, 6) is -0.119. The van der Waals surface area contributed by atoms with Gasteiger partial charge in [-0.15, -0.1) is 11.3 Å². The molecule has 7 heteroatoms. The minimum Gasteiger partial charge on any atom is -0.347 e. The lowest BCUT2D eigenvalue weighted by Gasteiger charge is -2.07. The maximum atomic E-state index is 12.0. The molecular weight excluding hydrogens is 320 g/mol. The number of thiophene rings is 1. The highest BCUT2D eigenvalue weighted by atomic mass is 32.2. The van der Waals surface area contributed by atoms with Crippen LogP contribution in [0.4, 0.5) is 5.69 Å². The summed E-state index contributed by atoms with van der Waals surface area (Å²) >= 11 is 1.48. The molecule has 22 heavy (non-hydrogen) atoms. The number of carbonyl (C=O) groups is 1. The molecule has 0 fully saturated rings. The van der Waals surface area contributed by atoms with Crippen LogP contribution < -0.4 is 10.0 Å². The Morgan fingerprint density at radius 3 is 2.64 bits per heavy atom. The van der Waals surface area contributed by atoms with Crippen molar-refractivity contribution in [3.63, 3.8) is 0 Å². The normalized spacial score (nSPS) is 11.2. The third-order valence-corrected chi connectivity index (χ3v) is 4.75. The highest BCUT2D eigenvalue weighted by molar-refractivity contribution is 7.92. The van der Waals surface area contributed by atoms with Crippen LogP contribution in [0, 0.1) is 0 Å². The summed E-state index contributed by atoms with van der Waals surface area (Å²) in [6.07, 6.45) is 2.01. The van der Waals surface area contributed by atoms with Crippen molar-refractivity contribution < 1.29 is 13.2 Å². The molecule has 0 aliphatic carbocycles. The minimum atomic E-state index is -3.30. The van der Waals surface area contributed by atoms with E-state index in [2.05, 4.69) is 10.0 Å². The fourth-order valence-corrected chi connectivity index (χ4v) is 3.34. The molecule has 2 aromatic rings. The van der Waals surface area contributed by atoms with E-state index in [1.54, 1.807) is 18.2 Å². The lowest BCUT2D eigenvalue weighted by atomic mass is 10.2. The first kappa shape index (κ1) is 16.5. The second kappa shape index (κ2) is 6.93. The Bertz CT molecular complexity index is 767. The number of hydrogen-bond donors (Lipinski definition) is 2. The lowest BCUT2D eigenvalue weighted by molar-refractivity contribution is 0.0955. The summed E-state index contributed by atoms with van der Waals surface area (Å²) in [6.45, 7) is 2.39. The Hall–Kier alpha value is -1.86. The zero-order valence-corrected chi connectivity index (χ0v) is 14.1. The van der Waals surface area contributed by atoms with Gasteiger partial charge in [-0.05, 0) is 36.2 Å². The molecule has 2 rings (SSSR count). The molecule has 2 N–H and O–H groups in total. The van der Waals surface area contributed by atoms with E-state index in [0.717, 1.165) is 18.2 Å². The van der Waals surface area contributed by atoms with Crippen LogP contribution in [0.5, 0.6) is 0 Å². The summed E-state index contributed by atoms with van der Waals surface area (Å²) in [7, 11) is -3.30. The van der Waals surface area contributed by atoms with E-state index in [1.807, 2.05) is 25.1 Å². The Morgan fingerprint density at radius 2 is 2.00 bits per heavy atom. The largest absolute Gasteiger partial charge is 0.347 e. The molecule has 0 spiro atoms. The van der Waals surface area contributed by atoms with Crippen LogP contribution in [-0.4, -0.2) is 20.6 Å². The number of benzene rings is 1. The molecule has 0 radical (unpaired) electrons. The molecule has 1 aromatic carbocycles. The fraction of sp³-hybridized carbons (Fsp3) is 0.267. The third-order valence-electron chi connectivity index (χ3n) is 2.92. The number of amides is 1. The van der Waals surface area contributed by atoms with Gasteiger partial charge in [0.1, 0.15) is 0 Å². The number of rotatable bonds is 6. The van der Waals surface area contributed by atoms with E-state index in [0.29, 0.717) is 17.1 Å². The molecule has 0 bridgehead atoms. The van der Waals surface area contributed by atoms with E-state index >= 15 is 0 Å². The van der Waals surface area contributed by atoms with Gasteiger partial charge in [0.05, 0.1) is 11.1 Å². The Kier molecular flexibility index (Phi) is 5.20. The van der Waals surface area contributed by atoms with E-state index in [-0.39, 0.29) is 5.91 Å². The molecule has 0 saturated carbocycles. The van der Waals surface area contributed by atoms with E-state index in [9.17, 15) is 13.2 Å². The number of sulfonamides is 1. The van der Waals surface area contributed by atoms with Gasteiger partial charge in [-0.25, -0.2) is 8.42 Å². The predicted molar refractivity (Wildman–Crippen MR) is 89.8 cm³/mol. The van der Waals surface area contributed by atoms with Gasteiger partial charge in [0.2, 0.25) is 10.0 Å². The maximum Gasteiger partial charge on any atom is 0.261 e. The van der Waals surface area contributed by atoms with Crippen molar-refractivity contribution in [3.8, 4) is 0 Å². The van der Waals surface area contributed by atoms with Crippen LogP contribution in [0.3, 0.4) is 0 Å². The molecular formula is C15H18N2O3S2. The van der Waals surface area contributed by atoms with Gasteiger partial charge >= 0.3 is 0 Å². The SMILES string of the molecule is CCc1ccc(C(=O)NCc2cccc(NS(C)(=O)=O)c2)s1. The number of aryl methyl sites for hydroxylation is 1. The highest BCUT2D eigenvalue weighted by Crippen LogP contribution is 2.17. The number of carbonyl (C=O) groups excluding carboxylic acids is 1. The van der Waals surface area contributed by atoms with Crippen molar-refractivity contribution in [1.29, 1.82) is 0 Å². The van der Waals surface area contributed by atoms with Crippen molar-refractivity contribution >= 4 is 33.0 Å². The second-order valence-corrected chi connectivity index (χ2v) is 7.79. The van der Waals surface area contributed by atoms with Gasteiger partial charge in [0.25, 0.3) is 5.91 Å². The first-order chi connectivity index (χ1) is 10.4. The first-order valence-electron chi connectivity index (χ1n) is 6.81. The molecule has 1 heterocycles. The van der Waals surface area contributed by atoms with Crippen LogP contribution >= 0.6 is 11.3 Å². The second-order valence-electron chi connectivity index (χ2n) is 4.88. The Labute approximate surface area is 134 Å². The summed E-state index contributed by atoms with van der Waals surface area (Å²) in [6, 6.07) is 10.7. The van der Waals surface area contributed by atoms with Gasteiger partial charge in [0, 0.05) is 17.1 Å². The molecule has 1 amide bonds. The minimum absolute atomic E-state index is 0.119. The van der Waals surface area contributed by atoms with Gasteiger partial charge in [-0.1, -0.05) is 19.1 Å². The Balaban J connectivity index is 1.99. The summed E-state index contributed by atoms with van der Waals surface area (Å²) in [5.41, 5.74) is 1.31. The van der Waals surface area contributed by atoms with Crippen molar-refractivity contribution in [2.45, 2.75) is 19.9 Å². The molecule has 0 aliphatic heterocycles. The molecule has 0 atom stereocenters. The van der Waals surface area contributed by atoms with Crippen molar-refractivity contribution in [1.82, 2.24) is 5.32 Å². The predicted octanol–water partition coefficient (Wildman–Crippen LogP) is 2.61. The third kappa shape index (κ3) is 4.85. The van der Waals surface area contributed by atoms with Crippen LogP contribution in [0.1, 0.15) is 27.0 Å². The van der Waals surface area contributed by atoms with Crippen molar-refractivity contribution in [2.24, 2.45) is 0 Å². The van der Waals surface area contributed by atoms with Crippen LogP contribution in [-0.2, 0) is 23.0 Å². The van der Waals surface area contributed by atoms with E-state index in [4.69, 9.17) is 0 Å². The van der Waals surface area contributed by atoms with Crippen molar-refractivity contribution in [2.75, 3.05) is 11.0 Å². The summed E-state index contributed by atoms with van der Waals surface area (Å²) in [5, 5.41) is 2.84. The molecule has 1 aromatic heterocycles. The average molecular weight is 338 g/mol. The summed E-state index contributed by atoms with van der Waals surface area (Å²) < 4.78 is 24.8. The van der Waals surface area contributed by atoms with Gasteiger partial charge in [-0.2, -0.15) is 0 Å². The Morgan fingerprint density at radius 1 is 1.23 bits per heavy atom. The van der Waals surface area contributed by atoms with E-state index < -0.39 is 10.0 Å². The van der Waals surface area contributed by atoms with Gasteiger partial charge in [-0.3, -0.25) is 9.52 Å². The topological polar surface area (TPSA) is 75.3 Å². The number of nitrogens with one attached hydrogen (secondary N) is 2. The first-order valence-corrected chi connectivity index (χ1v) is 9.52. The molecule has 0 aliphatic rings. The monoisotopic (exact) mass is 338 g/mol. The quantitative estimate of drug-likeness (QED) is 0.850. The smallest absolute Gasteiger partial charge is 0.261 e. The zero-order valence-electron chi connectivity index (χ0n) is 12.4. The van der Waals surface area contributed by atoms with Crippen LogP contribution in [0.2, 0.25) is 0 Å². The molecule has 118 valence electrons. The molecule has 5 nitrogen and oxygen atoms in total. The number of hydrogen-bond acceptors (Lipinski definition) is 4. The summed E-state index contributed by atoms with van der Waals surface area (Å²) in [4.78, 5) is 13.9. The molecule has 0 unspecified atom stereocenters. The average Bonchev–Trinajstić information content (AvgIpc) is 2.92. The van der Waals surface area contributed by atoms with Crippen LogP contribution in [0.25, 0.3) is 0 Å². The standard InChI is InChI=1S/C15H18N2O3S2/c1-3-13-7-8-14(21-13)15(18)16-10-11-5-4-6-12(9-11)17-22(2,19)20/h4-9,17H,3,10H2,1-2H3,(H,16,18). The lowest BCUT2D eigenvalue weighted by Crippen LogP contribution is -2.21. The van der Waals surface area contributed by atoms with E-state index in [1.165, 1.54) is 16.2 Å².